The van der Waals surface area contributed by atoms with Gasteiger partial charge in [-0.05, 0) is 23.7 Å². The summed E-state index contributed by atoms with van der Waals surface area (Å²) in [7, 11) is 1.74. The van der Waals surface area contributed by atoms with E-state index in [1.54, 1.807) is 7.11 Å². The van der Waals surface area contributed by atoms with Gasteiger partial charge < -0.3 is 10.1 Å². The summed E-state index contributed by atoms with van der Waals surface area (Å²) in [5, 5.41) is 12.1. The third kappa shape index (κ3) is 9.14. The minimum atomic E-state index is 0.201. The number of nitriles is 1. The van der Waals surface area contributed by atoms with Crippen molar-refractivity contribution in [3.8, 4) is 6.07 Å². The average Bonchev–Trinajstić information content (AvgIpc) is 2.23. The van der Waals surface area contributed by atoms with Gasteiger partial charge in [-0.2, -0.15) is 5.26 Å². The van der Waals surface area contributed by atoms with E-state index < -0.39 is 0 Å². The molecule has 17 heavy (non-hydrogen) atoms. The molecular formula is C14H28N2O. The maximum absolute atomic E-state index is 8.60. The van der Waals surface area contributed by atoms with E-state index in [2.05, 4.69) is 39.1 Å². The molecule has 0 aliphatic rings. The maximum Gasteiger partial charge on any atom is 0.0621 e. The first-order chi connectivity index (χ1) is 7.83. The Balaban J connectivity index is 3.85. The fraction of sp³-hybridized carbons (Fsp3) is 0.929. The SMILES string of the molecule is COCCC(C)(C)CNCC(C)(C)CCC#N. The van der Waals surface area contributed by atoms with Crippen LogP contribution in [0.15, 0.2) is 0 Å². The summed E-state index contributed by atoms with van der Waals surface area (Å²) < 4.78 is 5.11. The van der Waals surface area contributed by atoms with Gasteiger partial charge in [-0.1, -0.05) is 27.7 Å². The highest BCUT2D eigenvalue weighted by atomic mass is 16.5. The molecule has 0 aromatic rings. The second-order valence-electron chi connectivity index (χ2n) is 6.33. The molecule has 3 nitrogen and oxygen atoms in total. The Bertz CT molecular complexity index is 241. The van der Waals surface area contributed by atoms with Crippen molar-refractivity contribution in [2.75, 3.05) is 26.8 Å². The summed E-state index contributed by atoms with van der Waals surface area (Å²) in [5.74, 6) is 0. The second-order valence-corrected chi connectivity index (χ2v) is 6.33. The predicted molar refractivity (Wildman–Crippen MR) is 71.8 cm³/mol. The van der Waals surface area contributed by atoms with Crippen molar-refractivity contribution in [1.82, 2.24) is 5.32 Å². The molecule has 0 aromatic carbocycles. The number of nitrogens with one attached hydrogen (secondary N) is 1. The third-order valence-corrected chi connectivity index (χ3v) is 3.10. The Morgan fingerprint density at radius 3 is 2.06 bits per heavy atom. The molecule has 0 saturated carbocycles. The molecule has 0 saturated heterocycles. The lowest BCUT2D eigenvalue weighted by Crippen LogP contribution is -2.36. The second kappa shape index (κ2) is 7.68. The zero-order valence-corrected chi connectivity index (χ0v) is 12.1. The van der Waals surface area contributed by atoms with Gasteiger partial charge in [0.15, 0.2) is 0 Å². The highest BCUT2D eigenvalue weighted by Crippen LogP contribution is 2.23. The van der Waals surface area contributed by atoms with Gasteiger partial charge in [-0.15, -0.1) is 0 Å². The van der Waals surface area contributed by atoms with Crippen molar-refractivity contribution < 1.29 is 4.74 Å². The Labute approximate surface area is 107 Å². The van der Waals surface area contributed by atoms with E-state index in [0.29, 0.717) is 6.42 Å². The van der Waals surface area contributed by atoms with Gasteiger partial charge in [0, 0.05) is 33.2 Å². The standard InChI is InChI=1S/C14H28N2O/c1-13(2,7-6-9-15)11-16-12-14(3,4)8-10-17-5/h16H,6-8,10-12H2,1-5H3. The van der Waals surface area contributed by atoms with E-state index in [1.165, 1.54) is 0 Å². The van der Waals surface area contributed by atoms with Crippen LogP contribution in [0.1, 0.15) is 47.0 Å². The highest BCUT2D eigenvalue weighted by Gasteiger charge is 2.21. The third-order valence-electron chi connectivity index (χ3n) is 3.10. The molecule has 1 N–H and O–H groups in total. The summed E-state index contributed by atoms with van der Waals surface area (Å²) in [6, 6.07) is 2.21. The maximum atomic E-state index is 8.60. The largest absolute Gasteiger partial charge is 0.385 e. The molecule has 0 spiro atoms. The number of rotatable bonds is 9. The summed E-state index contributed by atoms with van der Waals surface area (Å²) in [6.07, 6.45) is 2.66. The molecule has 0 amide bonds. The van der Waals surface area contributed by atoms with Gasteiger partial charge >= 0.3 is 0 Å². The normalized spacial score (nSPS) is 12.5. The molecule has 0 heterocycles. The van der Waals surface area contributed by atoms with Crippen molar-refractivity contribution in [3.63, 3.8) is 0 Å². The van der Waals surface area contributed by atoms with Crippen LogP contribution in [0.4, 0.5) is 0 Å². The lowest BCUT2D eigenvalue weighted by Gasteiger charge is -2.29. The minimum Gasteiger partial charge on any atom is -0.385 e. The lowest BCUT2D eigenvalue weighted by molar-refractivity contribution is 0.148. The predicted octanol–water partition coefficient (Wildman–Crippen LogP) is 2.97. The first kappa shape index (κ1) is 16.4. The number of methoxy groups -OCH3 is 1. The van der Waals surface area contributed by atoms with Crippen LogP contribution in [0, 0.1) is 22.2 Å². The van der Waals surface area contributed by atoms with E-state index in [0.717, 1.165) is 32.5 Å². The minimum absolute atomic E-state index is 0.201. The van der Waals surface area contributed by atoms with Crippen LogP contribution in [0.5, 0.6) is 0 Å². The highest BCUT2D eigenvalue weighted by molar-refractivity contribution is 4.80. The van der Waals surface area contributed by atoms with Gasteiger partial charge in [0.25, 0.3) is 0 Å². The first-order valence-corrected chi connectivity index (χ1v) is 6.40. The Morgan fingerprint density at radius 1 is 1.06 bits per heavy atom. The van der Waals surface area contributed by atoms with Crippen LogP contribution in [-0.2, 0) is 4.74 Å². The van der Waals surface area contributed by atoms with Gasteiger partial charge in [0.2, 0.25) is 0 Å². The fourth-order valence-corrected chi connectivity index (χ4v) is 1.69. The summed E-state index contributed by atoms with van der Waals surface area (Å²) in [5.41, 5.74) is 0.467. The first-order valence-electron chi connectivity index (χ1n) is 6.40. The van der Waals surface area contributed by atoms with Crippen LogP contribution in [0.3, 0.4) is 0 Å². The van der Waals surface area contributed by atoms with Crippen LogP contribution < -0.4 is 5.32 Å². The number of ether oxygens (including phenoxy) is 1. The topological polar surface area (TPSA) is 45.0 Å². The van der Waals surface area contributed by atoms with Gasteiger partial charge in [-0.25, -0.2) is 0 Å². The Kier molecular flexibility index (Phi) is 7.41. The Morgan fingerprint density at radius 2 is 1.59 bits per heavy atom. The molecule has 3 heteroatoms. The van der Waals surface area contributed by atoms with Crippen molar-refractivity contribution in [3.05, 3.63) is 0 Å². The summed E-state index contributed by atoms with van der Waals surface area (Å²) >= 11 is 0. The van der Waals surface area contributed by atoms with E-state index in [9.17, 15) is 0 Å². The van der Waals surface area contributed by atoms with Crippen molar-refractivity contribution in [1.29, 1.82) is 5.26 Å². The lowest BCUT2D eigenvalue weighted by atomic mass is 9.86. The van der Waals surface area contributed by atoms with Gasteiger partial charge in [-0.3, -0.25) is 0 Å². The molecule has 0 fully saturated rings. The smallest absolute Gasteiger partial charge is 0.0621 e. The van der Waals surface area contributed by atoms with E-state index in [1.807, 2.05) is 0 Å². The van der Waals surface area contributed by atoms with E-state index >= 15 is 0 Å². The Hall–Kier alpha value is -0.590. The molecule has 0 aromatic heterocycles. The molecule has 0 aliphatic heterocycles. The van der Waals surface area contributed by atoms with E-state index in [-0.39, 0.29) is 10.8 Å². The van der Waals surface area contributed by atoms with Crippen LogP contribution in [-0.4, -0.2) is 26.8 Å². The van der Waals surface area contributed by atoms with Crippen molar-refractivity contribution in [2.45, 2.75) is 47.0 Å². The summed E-state index contributed by atoms with van der Waals surface area (Å²) in [6.45, 7) is 11.7. The number of nitrogens with zero attached hydrogens (tertiary/aromatic N) is 1. The molecule has 0 bridgehead atoms. The molecule has 100 valence electrons. The van der Waals surface area contributed by atoms with Crippen molar-refractivity contribution >= 4 is 0 Å². The van der Waals surface area contributed by atoms with Crippen molar-refractivity contribution in [2.24, 2.45) is 10.8 Å². The molecular weight excluding hydrogens is 212 g/mol. The molecule has 0 rings (SSSR count). The van der Waals surface area contributed by atoms with Crippen LogP contribution >= 0.6 is 0 Å². The van der Waals surface area contributed by atoms with Crippen LogP contribution in [0.2, 0.25) is 0 Å². The molecule has 0 unspecified atom stereocenters. The quantitative estimate of drug-likeness (QED) is 0.674. The fourth-order valence-electron chi connectivity index (χ4n) is 1.69. The molecule has 0 radical (unpaired) electrons. The van der Waals surface area contributed by atoms with Crippen LogP contribution in [0.25, 0.3) is 0 Å². The zero-order chi connectivity index (χ0) is 13.4. The number of hydrogen-bond acceptors (Lipinski definition) is 3. The number of hydrogen-bond donors (Lipinski definition) is 1. The average molecular weight is 240 g/mol. The monoisotopic (exact) mass is 240 g/mol. The molecule has 0 aliphatic carbocycles. The zero-order valence-electron chi connectivity index (χ0n) is 12.1. The van der Waals surface area contributed by atoms with Gasteiger partial charge in [0.05, 0.1) is 6.07 Å². The summed E-state index contributed by atoms with van der Waals surface area (Å²) in [4.78, 5) is 0. The molecule has 0 atom stereocenters. The van der Waals surface area contributed by atoms with Gasteiger partial charge in [0.1, 0.15) is 0 Å². The van der Waals surface area contributed by atoms with E-state index in [4.69, 9.17) is 10.00 Å².